The molecule has 0 saturated carbocycles. The number of benzene rings is 4. The lowest BCUT2D eigenvalue weighted by Crippen LogP contribution is -2.38. The van der Waals surface area contributed by atoms with Gasteiger partial charge in [-0.1, -0.05) is 59.6 Å². The van der Waals surface area contributed by atoms with Crippen molar-refractivity contribution in [1.29, 1.82) is 0 Å². The summed E-state index contributed by atoms with van der Waals surface area (Å²) in [5.74, 6) is 0.171. The van der Waals surface area contributed by atoms with E-state index in [0.717, 1.165) is 15.4 Å². The number of amides is 1. The van der Waals surface area contributed by atoms with Crippen LogP contribution < -0.4 is 14.4 Å². The molecule has 0 fully saturated rings. The summed E-state index contributed by atoms with van der Waals surface area (Å²) in [6, 6.07) is 28.1. The number of carbonyl (C=O) groups is 1. The van der Waals surface area contributed by atoms with Crippen LogP contribution in [0.25, 0.3) is 0 Å². The van der Waals surface area contributed by atoms with Gasteiger partial charge >= 0.3 is 0 Å². The van der Waals surface area contributed by atoms with Crippen LogP contribution in [0.4, 0.5) is 11.4 Å². The molecule has 0 aromatic heterocycles. The van der Waals surface area contributed by atoms with Crippen LogP contribution >= 0.6 is 11.6 Å². The molecule has 0 radical (unpaired) electrons. The van der Waals surface area contributed by atoms with E-state index in [0.29, 0.717) is 34.3 Å². The molecule has 37 heavy (non-hydrogen) atoms. The fraction of sp³-hybridized carbons (Fsp3) is 0.138. The summed E-state index contributed by atoms with van der Waals surface area (Å²) in [5, 5.41) is 3.26. The van der Waals surface area contributed by atoms with Crippen molar-refractivity contribution in [2.75, 3.05) is 16.2 Å². The van der Waals surface area contributed by atoms with E-state index in [4.69, 9.17) is 16.3 Å². The van der Waals surface area contributed by atoms with Crippen molar-refractivity contribution in [3.05, 3.63) is 119 Å². The van der Waals surface area contributed by atoms with Gasteiger partial charge in [-0.3, -0.25) is 9.10 Å². The molecule has 4 aromatic carbocycles. The Bertz CT molecular complexity index is 1470. The van der Waals surface area contributed by atoms with Gasteiger partial charge in [0.05, 0.1) is 10.6 Å². The standard InChI is InChI=1S/C29H27ClN2O4S/c1-21-8-15-27(16-9-21)37(34,35)32(28-17-10-24(30)18-22(28)2)19-29(33)31-25-11-13-26(14-12-25)36-20-23-6-4-3-5-7-23/h3-18H,19-20H2,1-2H3,(H,31,33). The van der Waals surface area contributed by atoms with Gasteiger partial charge in [-0.25, -0.2) is 8.42 Å². The topological polar surface area (TPSA) is 75.7 Å². The largest absolute Gasteiger partial charge is 0.489 e. The summed E-state index contributed by atoms with van der Waals surface area (Å²) in [4.78, 5) is 13.1. The van der Waals surface area contributed by atoms with Crippen LogP contribution in [0.1, 0.15) is 16.7 Å². The minimum Gasteiger partial charge on any atom is -0.489 e. The molecule has 0 aliphatic heterocycles. The summed E-state index contributed by atoms with van der Waals surface area (Å²) in [6.45, 7) is 3.65. The van der Waals surface area contributed by atoms with Crippen LogP contribution in [0.15, 0.2) is 102 Å². The van der Waals surface area contributed by atoms with Gasteiger partial charge in [0.25, 0.3) is 10.0 Å². The summed E-state index contributed by atoms with van der Waals surface area (Å²) in [6.07, 6.45) is 0. The third-order valence-electron chi connectivity index (χ3n) is 5.71. The van der Waals surface area contributed by atoms with Gasteiger partial charge in [-0.2, -0.15) is 0 Å². The second-order valence-corrected chi connectivity index (χ2v) is 10.9. The molecule has 0 aliphatic rings. The van der Waals surface area contributed by atoms with Crippen molar-refractivity contribution in [2.24, 2.45) is 0 Å². The molecule has 1 amide bonds. The quantitative estimate of drug-likeness (QED) is 0.271. The van der Waals surface area contributed by atoms with Gasteiger partial charge in [-0.05, 0) is 79.6 Å². The minimum absolute atomic E-state index is 0.0974. The van der Waals surface area contributed by atoms with Crippen molar-refractivity contribution in [3.63, 3.8) is 0 Å². The molecule has 0 unspecified atom stereocenters. The van der Waals surface area contributed by atoms with Gasteiger partial charge in [0, 0.05) is 10.7 Å². The van der Waals surface area contributed by atoms with Crippen molar-refractivity contribution in [1.82, 2.24) is 0 Å². The number of hydrogen-bond acceptors (Lipinski definition) is 4. The first-order valence-electron chi connectivity index (χ1n) is 11.6. The molecule has 8 heteroatoms. The molecule has 0 aliphatic carbocycles. The number of nitrogens with one attached hydrogen (secondary N) is 1. The smallest absolute Gasteiger partial charge is 0.264 e. The Kier molecular flexibility index (Phi) is 8.16. The Morgan fingerprint density at radius 3 is 2.22 bits per heavy atom. The number of halogens is 1. The van der Waals surface area contributed by atoms with Gasteiger partial charge < -0.3 is 10.1 Å². The number of nitrogens with zero attached hydrogens (tertiary/aromatic N) is 1. The second-order valence-electron chi connectivity index (χ2n) is 8.60. The van der Waals surface area contributed by atoms with E-state index >= 15 is 0 Å². The molecule has 4 aromatic rings. The average molecular weight is 535 g/mol. The molecule has 6 nitrogen and oxygen atoms in total. The van der Waals surface area contributed by atoms with Crippen LogP contribution in [0, 0.1) is 13.8 Å². The van der Waals surface area contributed by atoms with Gasteiger partial charge in [0.15, 0.2) is 0 Å². The van der Waals surface area contributed by atoms with E-state index in [1.165, 1.54) is 12.1 Å². The zero-order chi connectivity index (χ0) is 26.4. The van der Waals surface area contributed by atoms with Crippen LogP contribution in [0.2, 0.25) is 5.02 Å². The first kappa shape index (κ1) is 26.3. The van der Waals surface area contributed by atoms with Crippen LogP contribution in [0.3, 0.4) is 0 Å². The zero-order valence-corrected chi connectivity index (χ0v) is 22.1. The Morgan fingerprint density at radius 1 is 0.892 bits per heavy atom. The van der Waals surface area contributed by atoms with E-state index in [9.17, 15) is 13.2 Å². The molecule has 190 valence electrons. The first-order valence-corrected chi connectivity index (χ1v) is 13.5. The highest BCUT2D eigenvalue weighted by Crippen LogP contribution is 2.29. The number of rotatable bonds is 9. The fourth-order valence-electron chi connectivity index (χ4n) is 3.74. The molecule has 1 N–H and O–H groups in total. The van der Waals surface area contributed by atoms with Gasteiger partial charge in [0.2, 0.25) is 5.91 Å². The molecule has 0 atom stereocenters. The van der Waals surface area contributed by atoms with Crippen LogP contribution in [-0.2, 0) is 21.4 Å². The Hall–Kier alpha value is -3.81. The lowest BCUT2D eigenvalue weighted by Gasteiger charge is -2.26. The predicted octanol–water partition coefficient (Wildman–Crippen LogP) is 6.37. The van der Waals surface area contributed by atoms with E-state index in [-0.39, 0.29) is 4.90 Å². The third kappa shape index (κ3) is 6.70. The Labute approximate surface area is 222 Å². The molecule has 0 heterocycles. The van der Waals surface area contributed by atoms with Gasteiger partial charge in [0.1, 0.15) is 18.9 Å². The number of hydrogen-bond donors (Lipinski definition) is 1. The van der Waals surface area contributed by atoms with Crippen molar-refractivity contribution in [3.8, 4) is 5.75 Å². The highest BCUT2D eigenvalue weighted by atomic mass is 35.5. The summed E-state index contributed by atoms with van der Waals surface area (Å²) in [5.41, 5.74) is 3.52. The Balaban J connectivity index is 1.51. The lowest BCUT2D eigenvalue weighted by molar-refractivity contribution is -0.114. The maximum Gasteiger partial charge on any atom is 0.264 e. The highest BCUT2D eigenvalue weighted by molar-refractivity contribution is 7.92. The number of anilines is 2. The van der Waals surface area contributed by atoms with Crippen molar-refractivity contribution < 1.29 is 17.9 Å². The maximum atomic E-state index is 13.6. The lowest BCUT2D eigenvalue weighted by atomic mass is 10.2. The molecular formula is C29H27ClN2O4S. The van der Waals surface area contributed by atoms with E-state index in [1.807, 2.05) is 37.3 Å². The van der Waals surface area contributed by atoms with E-state index in [1.54, 1.807) is 61.5 Å². The second kappa shape index (κ2) is 11.5. The first-order chi connectivity index (χ1) is 17.7. The fourth-order valence-corrected chi connectivity index (χ4v) is 5.45. The monoisotopic (exact) mass is 534 g/mol. The van der Waals surface area contributed by atoms with Gasteiger partial charge in [-0.15, -0.1) is 0 Å². The number of sulfonamides is 1. The summed E-state index contributed by atoms with van der Waals surface area (Å²) >= 11 is 6.10. The molecule has 0 bridgehead atoms. The van der Waals surface area contributed by atoms with Crippen molar-refractivity contribution in [2.45, 2.75) is 25.3 Å². The molecule has 4 rings (SSSR count). The molecule has 0 spiro atoms. The zero-order valence-electron chi connectivity index (χ0n) is 20.5. The SMILES string of the molecule is Cc1ccc(S(=O)(=O)N(CC(=O)Nc2ccc(OCc3ccccc3)cc2)c2ccc(Cl)cc2C)cc1. The van der Waals surface area contributed by atoms with Crippen molar-refractivity contribution >= 4 is 38.9 Å². The van der Waals surface area contributed by atoms with E-state index in [2.05, 4.69) is 5.32 Å². The van der Waals surface area contributed by atoms with Crippen LogP contribution in [-0.4, -0.2) is 20.9 Å². The number of carbonyl (C=O) groups excluding carboxylic acids is 1. The minimum atomic E-state index is -4.02. The average Bonchev–Trinajstić information content (AvgIpc) is 2.88. The summed E-state index contributed by atoms with van der Waals surface area (Å²) in [7, 11) is -4.02. The predicted molar refractivity (Wildman–Crippen MR) is 148 cm³/mol. The van der Waals surface area contributed by atoms with E-state index < -0.39 is 22.5 Å². The molecule has 0 saturated heterocycles. The maximum absolute atomic E-state index is 13.6. The summed E-state index contributed by atoms with van der Waals surface area (Å²) < 4.78 is 34.1. The highest BCUT2D eigenvalue weighted by Gasteiger charge is 2.28. The Morgan fingerprint density at radius 2 is 1.57 bits per heavy atom. The number of ether oxygens (including phenoxy) is 1. The normalized spacial score (nSPS) is 11.1. The molecular weight excluding hydrogens is 508 g/mol. The number of aryl methyl sites for hydroxylation is 2. The third-order valence-corrected chi connectivity index (χ3v) is 7.72. The van der Waals surface area contributed by atoms with Crippen LogP contribution in [0.5, 0.6) is 5.75 Å².